The van der Waals surface area contributed by atoms with Crippen LogP contribution < -0.4 is 4.72 Å². The SMILES string of the molecule is CC1CCCCN1S(=O)(=O)Nc1ccccc1C#N. The van der Waals surface area contributed by atoms with Gasteiger partial charge in [-0.2, -0.15) is 18.0 Å². The predicted molar refractivity (Wildman–Crippen MR) is 73.7 cm³/mol. The fourth-order valence-electron chi connectivity index (χ4n) is 2.30. The number of rotatable bonds is 3. The van der Waals surface area contributed by atoms with Crippen LogP contribution in [0.15, 0.2) is 24.3 Å². The van der Waals surface area contributed by atoms with Crippen molar-refractivity contribution in [1.82, 2.24) is 4.31 Å². The molecule has 1 atom stereocenters. The first kappa shape index (κ1) is 13.8. The summed E-state index contributed by atoms with van der Waals surface area (Å²) in [4.78, 5) is 0. The fraction of sp³-hybridized carbons (Fsp3) is 0.462. The Balaban J connectivity index is 2.24. The fourth-order valence-corrected chi connectivity index (χ4v) is 3.82. The maximum Gasteiger partial charge on any atom is 0.301 e. The third-order valence-electron chi connectivity index (χ3n) is 3.34. The van der Waals surface area contributed by atoms with Crippen molar-refractivity contribution in [3.8, 4) is 6.07 Å². The van der Waals surface area contributed by atoms with E-state index in [2.05, 4.69) is 4.72 Å². The van der Waals surface area contributed by atoms with Gasteiger partial charge < -0.3 is 0 Å². The minimum Gasteiger partial charge on any atom is -0.270 e. The summed E-state index contributed by atoms with van der Waals surface area (Å²) in [6, 6.07) is 8.60. The van der Waals surface area contributed by atoms with Gasteiger partial charge in [-0.05, 0) is 31.9 Å². The Kier molecular flexibility index (Phi) is 4.08. The molecule has 1 aliphatic heterocycles. The molecule has 0 radical (unpaired) electrons. The molecule has 1 aromatic carbocycles. The molecule has 1 aromatic rings. The Bertz CT molecular complexity index is 592. The van der Waals surface area contributed by atoms with E-state index in [0.717, 1.165) is 19.3 Å². The van der Waals surface area contributed by atoms with Crippen molar-refractivity contribution in [2.24, 2.45) is 0 Å². The van der Waals surface area contributed by atoms with Gasteiger partial charge in [-0.25, -0.2) is 0 Å². The van der Waals surface area contributed by atoms with Crippen molar-refractivity contribution in [1.29, 1.82) is 5.26 Å². The summed E-state index contributed by atoms with van der Waals surface area (Å²) in [6.45, 7) is 2.44. The summed E-state index contributed by atoms with van der Waals surface area (Å²) < 4.78 is 28.7. The summed E-state index contributed by atoms with van der Waals surface area (Å²) in [5.41, 5.74) is 0.665. The highest BCUT2D eigenvalue weighted by Gasteiger charge is 2.29. The van der Waals surface area contributed by atoms with Crippen molar-refractivity contribution in [2.75, 3.05) is 11.3 Å². The van der Waals surface area contributed by atoms with Crippen LogP contribution in [0.4, 0.5) is 5.69 Å². The zero-order valence-electron chi connectivity index (χ0n) is 10.8. The second kappa shape index (κ2) is 5.59. The monoisotopic (exact) mass is 279 g/mol. The first-order chi connectivity index (χ1) is 9.04. The Morgan fingerprint density at radius 1 is 1.37 bits per heavy atom. The van der Waals surface area contributed by atoms with Gasteiger partial charge in [0.15, 0.2) is 0 Å². The third kappa shape index (κ3) is 3.06. The molecule has 5 nitrogen and oxygen atoms in total. The number of para-hydroxylation sites is 1. The van der Waals surface area contributed by atoms with E-state index in [1.54, 1.807) is 24.3 Å². The lowest BCUT2D eigenvalue weighted by molar-refractivity contribution is 0.270. The number of hydrogen-bond donors (Lipinski definition) is 1. The number of anilines is 1. The summed E-state index contributed by atoms with van der Waals surface area (Å²) in [5.74, 6) is 0. The molecule has 0 spiro atoms. The highest BCUT2D eigenvalue weighted by Crippen LogP contribution is 2.23. The summed E-state index contributed by atoms with van der Waals surface area (Å²) in [7, 11) is -3.59. The Labute approximate surface area is 114 Å². The molecule has 1 heterocycles. The smallest absolute Gasteiger partial charge is 0.270 e. The molecule has 6 heteroatoms. The first-order valence-corrected chi connectivity index (χ1v) is 7.77. The second-order valence-electron chi connectivity index (χ2n) is 4.72. The molecular weight excluding hydrogens is 262 g/mol. The van der Waals surface area contributed by atoms with Crippen LogP contribution in [-0.2, 0) is 10.2 Å². The molecule has 0 bridgehead atoms. The molecule has 1 fully saturated rings. The van der Waals surface area contributed by atoms with Crippen molar-refractivity contribution in [2.45, 2.75) is 32.2 Å². The minimum absolute atomic E-state index is 0.000461. The Morgan fingerprint density at radius 2 is 2.11 bits per heavy atom. The van der Waals surface area contributed by atoms with E-state index in [4.69, 9.17) is 5.26 Å². The second-order valence-corrected chi connectivity index (χ2v) is 6.34. The lowest BCUT2D eigenvalue weighted by atomic mass is 10.1. The normalized spacial score (nSPS) is 20.7. The van der Waals surface area contributed by atoms with Gasteiger partial charge in [-0.3, -0.25) is 4.72 Å². The van der Waals surface area contributed by atoms with Crippen molar-refractivity contribution < 1.29 is 8.42 Å². The Morgan fingerprint density at radius 3 is 2.79 bits per heavy atom. The molecule has 1 saturated heterocycles. The average Bonchev–Trinajstić information content (AvgIpc) is 2.39. The van der Waals surface area contributed by atoms with Crippen LogP contribution in [0, 0.1) is 11.3 Å². The van der Waals surface area contributed by atoms with Crippen LogP contribution >= 0.6 is 0 Å². The van der Waals surface area contributed by atoms with Crippen LogP contribution in [0.1, 0.15) is 31.7 Å². The van der Waals surface area contributed by atoms with Crippen molar-refractivity contribution in [3.05, 3.63) is 29.8 Å². The van der Waals surface area contributed by atoms with Gasteiger partial charge in [0.2, 0.25) is 0 Å². The Hall–Kier alpha value is -1.58. The van der Waals surface area contributed by atoms with E-state index in [-0.39, 0.29) is 6.04 Å². The topological polar surface area (TPSA) is 73.2 Å². The predicted octanol–water partition coefficient (Wildman–Crippen LogP) is 2.09. The highest BCUT2D eigenvalue weighted by molar-refractivity contribution is 7.90. The van der Waals surface area contributed by atoms with E-state index >= 15 is 0 Å². The molecular formula is C13H17N3O2S. The van der Waals surface area contributed by atoms with Gasteiger partial charge >= 0.3 is 10.2 Å². The summed E-state index contributed by atoms with van der Waals surface area (Å²) in [6.07, 6.45) is 2.81. The number of nitrogens with one attached hydrogen (secondary N) is 1. The van der Waals surface area contributed by atoms with Crippen LogP contribution in [-0.4, -0.2) is 25.3 Å². The highest BCUT2D eigenvalue weighted by atomic mass is 32.2. The van der Waals surface area contributed by atoms with Gasteiger partial charge in [0.25, 0.3) is 0 Å². The van der Waals surface area contributed by atoms with Crippen LogP contribution in [0.2, 0.25) is 0 Å². The number of benzene rings is 1. The quantitative estimate of drug-likeness (QED) is 0.920. The zero-order chi connectivity index (χ0) is 13.9. The number of nitrogens with zero attached hydrogens (tertiary/aromatic N) is 2. The van der Waals surface area contributed by atoms with E-state index in [1.807, 2.05) is 13.0 Å². The third-order valence-corrected chi connectivity index (χ3v) is 4.97. The van der Waals surface area contributed by atoms with Gasteiger partial charge in [0.05, 0.1) is 11.3 Å². The molecule has 1 N–H and O–H groups in total. The summed E-state index contributed by atoms with van der Waals surface area (Å²) in [5, 5.41) is 8.98. The van der Waals surface area contributed by atoms with Crippen molar-refractivity contribution in [3.63, 3.8) is 0 Å². The molecule has 0 aromatic heterocycles. The van der Waals surface area contributed by atoms with Crippen LogP contribution in [0.5, 0.6) is 0 Å². The molecule has 1 aliphatic rings. The number of nitriles is 1. The van der Waals surface area contributed by atoms with Crippen molar-refractivity contribution >= 4 is 15.9 Å². The van der Waals surface area contributed by atoms with E-state index in [9.17, 15) is 8.42 Å². The molecule has 19 heavy (non-hydrogen) atoms. The van der Waals surface area contributed by atoms with Gasteiger partial charge in [0.1, 0.15) is 6.07 Å². The molecule has 0 aliphatic carbocycles. The molecule has 0 saturated carbocycles. The van der Waals surface area contributed by atoms with E-state index < -0.39 is 10.2 Å². The van der Waals surface area contributed by atoms with E-state index in [1.165, 1.54) is 4.31 Å². The summed E-state index contributed by atoms with van der Waals surface area (Å²) >= 11 is 0. The zero-order valence-corrected chi connectivity index (χ0v) is 11.7. The standard InChI is InChI=1S/C13H17N3O2S/c1-11-6-4-5-9-16(11)19(17,18)15-13-8-3-2-7-12(13)10-14/h2-3,7-8,11,15H,4-6,9H2,1H3. The maximum absolute atomic E-state index is 12.3. The number of hydrogen-bond acceptors (Lipinski definition) is 3. The number of piperidine rings is 1. The van der Waals surface area contributed by atoms with Gasteiger partial charge in [0, 0.05) is 12.6 Å². The molecule has 102 valence electrons. The van der Waals surface area contributed by atoms with Crippen LogP contribution in [0.3, 0.4) is 0 Å². The molecule has 2 rings (SSSR count). The van der Waals surface area contributed by atoms with Gasteiger partial charge in [-0.15, -0.1) is 0 Å². The molecule has 0 amide bonds. The lowest BCUT2D eigenvalue weighted by Gasteiger charge is -2.32. The minimum atomic E-state index is -3.59. The largest absolute Gasteiger partial charge is 0.301 e. The van der Waals surface area contributed by atoms with Gasteiger partial charge in [-0.1, -0.05) is 18.6 Å². The average molecular weight is 279 g/mol. The first-order valence-electron chi connectivity index (χ1n) is 6.33. The van der Waals surface area contributed by atoms with E-state index in [0.29, 0.717) is 17.8 Å². The van der Waals surface area contributed by atoms with Crippen LogP contribution in [0.25, 0.3) is 0 Å². The molecule has 1 unspecified atom stereocenters. The maximum atomic E-state index is 12.3. The lowest BCUT2D eigenvalue weighted by Crippen LogP contribution is -2.44.